The summed E-state index contributed by atoms with van der Waals surface area (Å²) in [5.41, 5.74) is 1.11. The van der Waals surface area contributed by atoms with Crippen molar-refractivity contribution in [3.63, 3.8) is 0 Å². The van der Waals surface area contributed by atoms with Gasteiger partial charge >= 0.3 is 5.76 Å². The highest BCUT2D eigenvalue weighted by atomic mass is 16.4. The summed E-state index contributed by atoms with van der Waals surface area (Å²) in [7, 11) is 5.98. The van der Waals surface area contributed by atoms with Crippen molar-refractivity contribution in [2.75, 3.05) is 14.1 Å². The van der Waals surface area contributed by atoms with E-state index >= 15 is 0 Å². The third-order valence-corrected chi connectivity index (χ3v) is 5.20. The lowest BCUT2D eigenvalue weighted by Gasteiger charge is -2.35. The zero-order valence-electron chi connectivity index (χ0n) is 16.3. The Morgan fingerprint density at radius 2 is 2.04 bits per heavy atom. The number of amides is 1. The summed E-state index contributed by atoms with van der Waals surface area (Å²) >= 11 is 0. The lowest BCUT2D eigenvalue weighted by atomic mass is 9.79. The maximum atomic E-state index is 12.4. The fraction of sp³-hybridized carbons (Fsp3) is 0.474. The van der Waals surface area contributed by atoms with Crippen LogP contribution in [0.4, 0.5) is 0 Å². The zero-order chi connectivity index (χ0) is 19.8. The Balaban J connectivity index is 1.35. The Kier molecular flexibility index (Phi) is 4.76. The Hall–Kier alpha value is -2.94. The minimum Gasteiger partial charge on any atom is -0.408 e. The van der Waals surface area contributed by atoms with Crippen LogP contribution >= 0.6 is 0 Å². The molecule has 0 atom stereocenters. The minimum absolute atomic E-state index is 0.0477. The van der Waals surface area contributed by atoms with Crippen LogP contribution in [0.25, 0.3) is 11.1 Å². The maximum Gasteiger partial charge on any atom is 0.420 e. The van der Waals surface area contributed by atoms with Crippen molar-refractivity contribution in [1.82, 2.24) is 29.5 Å². The van der Waals surface area contributed by atoms with Crippen LogP contribution in [0.3, 0.4) is 0 Å². The predicted molar refractivity (Wildman–Crippen MR) is 103 cm³/mol. The molecule has 1 fully saturated rings. The first kappa shape index (κ1) is 18.4. The molecule has 4 rings (SSSR count). The number of nitrogens with one attached hydrogen (secondary N) is 1. The van der Waals surface area contributed by atoms with Gasteiger partial charge in [0.1, 0.15) is 18.2 Å². The normalized spacial score (nSPS) is 19.1. The number of hydrogen-bond donors (Lipinski definition) is 1. The molecule has 0 unspecified atom stereocenters. The molecule has 2 heterocycles. The molecule has 0 spiro atoms. The Bertz CT molecular complexity index is 1060. The van der Waals surface area contributed by atoms with Crippen molar-refractivity contribution < 1.29 is 9.21 Å². The van der Waals surface area contributed by atoms with Gasteiger partial charge in [0.15, 0.2) is 5.58 Å². The van der Waals surface area contributed by atoms with Crippen LogP contribution in [0.2, 0.25) is 0 Å². The number of hydrogen-bond acceptors (Lipinski definition) is 6. The maximum absolute atomic E-state index is 12.4. The van der Waals surface area contributed by atoms with E-state index in [1.54, 1.807) is 18.2 Å². The van der Waals surface area contributed by atoms with Crippen LogP contribution in [-0.2, 0) is 24.9 Å². The van der Waals surface area contributed by atoms with E-state index in [2.05, 4.69) is 20.4 Å². The van der Waals surface area contributed by atoms with Gasteiger partial charge in [0.25, 0.3) is 0 Å². The van der Waals surface area contributed by atoms with E-state index in [4.69, 9.17) is 4.42 Å². The molecule has 28 heavy (non-hydrogen) atoms. The standard InChI is InChI=1S/C19H24N6O3/c1-23(2)10-16-21-22-18(24(16)3)12-8-13(9-12)20-17(26)11-25-14-6-4-5-7-15(14)28-19(25)27/h4-7,12-13H,8-11H2,1-3H3,(H,20,26). The summed E-state index contributed by atoms with van der Waals surface area (Å²) in [4.78, 5) is 26.4. The fourth-order valence-corrected chi connectivity index (χ4v) is 3.68. The smallest absolute Gasteiger partial charge is 0.408 e. The SMILES string of the molecule is CN(C)Cc1nnc(C2CC(NC(=O)Cn3c(=O)oc4ccccc43)C2)n1C. The third-order valence-electron chi connectivity index (χ3n) is 5.20. The topological polar surface area (TPSA) is 98.2 Å². The summed E-state index contributed by atoms with van der Waals surface area (Å²) < 4.78 is 8.57. The summed E-state index contributed by atoms with van der Waals surface area (Å²) in [5, 5.41) is 11.6. The predicted octanol–water partition coefficient (Wildman–Crippen LogP) is 0.847. The average molecular weight is 384 g/mol. The van der Waals surface area contributed by atoms with Crippen LogP contribution in [-0.4, -0.2) is 50.3 Å². The second kappa shape index (κ2) is 7.23. The van der Waals surface area contributed by atoms with E-state index in [1.807, 2.05) is 31.8 Å². The van der Waals surface area contributed by atoms with Crippen LogP contribution in [0.1, 0.15) is 30.4 Å². The number of oxazole rings is 1. The molecule has 0 bridgehead atoms. The van der Waals surface area contributed by atoms with E-state index < -0.39 is 5.76 Å². The van der Waals surface area contributed by atoms with E-state index in [-0.39, 0.29) is 24.4 Å². The molecule has 1 aliphatic rings. The first-order chi connectivity index (χ1) is 13.4. The molecule has 1 N–H and O–H groups in total. The number of para-hydroxylation sites is 2. The lowest BCUT2D eigenvalue weighted by molar-refractivity contribution is -0.123. The Labute approximate surface area is 161 Å². The number of fused-ring (bicyclic) bond motifs is 1. The number of rotatable bonds is 6. The van der Waals surface area contributed by atoms with Gasteiger partial charge in [0.05, 0.1) is 12.1 Å². The molecule has 1 aromatic carbocycles. The van der Waals surface area contributed by atoms with Crippen molar-refractivity contribution in [2.24, 2.45) is 7.05 Å². The minimum atomic E-state index is -0.518. The fourth-order valence-electron chi connectivity index (χ4n) is 3.68. The molecule has 148 valence electrons. The molecule has 3 aromatic rings. The highest BCUT2D eigenvalue weighted by Gasteiger charge is 2.35. The molecule has 0 aliphatic heterocycles. The molecule has 9 heteroatoms. The molecule has 1 aliphatic carbocycles. The molecule has 1 saturated carbocycles. The van der Waals surface area contributed by atoms with Crippen LogP contribution in [0.15, 0.2) is 33.5 Å². The van der Waals surface area contributed by atoms with Gasteiger partial charge in [-0.2, -0.15) is 0 Å². The molecule has 0 saturated heterocycles. The Morgan fingerprint density at radius 1 is 1.29 bits per heavy atom. The van der Waals surface area contributed by atoms with Crippen molar-refractivity contribution in [3.05, 3.63) is 46.5 Å². The van der Waals surface area contributed by atoms with E-state index in [0.29, 0.717) is 11.1 Å². The third kappa shape index (κ3) is 3.45. The monoisotopic (exact) mass is 384 g/mol. The molecular weight excluding hydrogens is 360 g/mol. The van der Waals surface area contributed by atoms with E-state index in [9.17, 15) is 9.59 Å². The first-order valence-electron chi connectivity index (χ1n) is 9.33. The number of carbonyl (C=O) groups is 1. The molecule has 9 nitrogen and oxygen atoms in total. The van der Waals surface area contributed by atoms with Crippen molar-refractivity contribution in [1.29, 1.82) is 0 Å². The summed E-state index contributed by atoms with van der Waals surface area (Å²) in [6, 6.07) is 7.17. The van der Waals surface area contributed by atoms with Crippen molar-refractivity contribution in [3.8, 4) is 0 Å². The number of carbonyl (C=O) groups excluding carboxylic acids is 1. The summed E-state index contributed by atoms with van der Waals surface area (Å²) in [6.07, 6.45) is 1.64. The van der Waals surface area contributed by atoms with Crippen molar-refractivity contribution in [2.45, 2.75) is 37.9 Å². The summed E-state index contributed by atoms with van der Waals surface area (Å²) in [5.74, 6) is 1.47. The highest BCUT2D eigenvalue weighted by molar-refractivity contribution is 5.79. The highest BCUT2D eigenvalue weighted by Crippen LogP contribution is 2.35. The van der Waals surface area contributed by atoms with Gasteiger partial charge in [0.2, 0.25) is 5.91 Å². The van der Waals surface area contributed by atoms with Gasteiger partial charge in [-0.1, -0.05) is 12.1 Å². The van der Waals surface area contributed by atoms with Gasteiger partial charge in [-0.3, -0.25) is 9.36 Å². The van der Waals surface area contributed by atoms with Crippen molar-refractivity contribution >= 4 is 17.0 Å². The van der Waals surface area contributed by atoms with Gasteiger partial charge in [-0.15, -0.1) is 10.2 Å². The number of aromatic nitrogens is 4. The van der Waals surface area contributed by atoms with Gasteiger partial charge in [-0.25, -0.2) is 4.79 Å². The molecule has 0 radical (unpaired) electrons. The molecular formula is C19H24N6O3. The van der Waals surface area contributed by atoms with Gasteiger partial charge < -0.3 is 19.2 Å². The number of nitrogens with zero attached hydrogens (tertiary/aromatic N) is 5. The van der Waals surface area contributed by atoms with Gasteiger partial charge in [0, 0.05) is 19.0 Å². The summed E-state index contributed by atoms with van der Waals surface area (Å²) in [6.45, 7) is 0.692. The van der Waals surface area contributed by atoms with Crippen LogP contribution < -0.4 is 11.1 Å². The lowest BCUT2D eigenvalue weighted by Crippen LogP contribution is -2.45. The molecule has 2 aromatic heterocycles. The van der Waals surface area contributed by atoms with E-state index in [0.717, 1.165) is 31.0 Å². The largest absolute Gasteiger partial charge is 0.420 e. The Morgan fingerprint density at radius 3 is 2.79 bits per heavy atom. The average Bonchev–Trinajstić information content (AvgIpc) is 3.11. The second-order valence-electron chi connectivity index (χ2n) is 7.63. The van der Waals surface area contributed by atoms with Gasteiger partial charge in [-0.05, 0) is 39.1 Å². The molecule has 1 amide bonds. The van der Waals surface area contributed by atoms with Crippen LogP contribution in [0, 0.1) is 0 Å². The quantitative estimate of drug-likeness (QED) is 0.677. The van der Waals surface area contributed by atoms with E-state index in [1.165, 1.54) is 4.57 Å². The zero-order valence-corrected chi connectivity index (χ0v) is 16.3. The number of benzene rings is 1. The second-order valence-corrected chi connectivity index (χ2v) is 7.63. The van der Waals surface area contributed by atoms with Crippen LogP contribution in [0.5, 0.6) is 0 Å². The first-order valence-corrected chi connectivity index (χ1v) is 9.33.